The maximum absolute atomic E-state index is 10.9. The number of hydrogen-bond acceptors (Lipinski definition) is 5. The van der Waals surface area contributed by atoms with E-state index < -0.39 is 4.92 Å². The molecular formula is C14H10N2O4. The molecule has 6 heteroatoms. The standard InChI is InChI=1S/C14H10N2O4/c1-9-13(17)3-2-4-14(9)20-11-6-5-10(8-15)12(7-11)16(18)19/h2-7,17H,1H3. The van der Waals surface area contributed by atoms with Gasteiger partial charge in [0.25, 0.3) is 5.69 Å². The second-order valence-corrected chi connectivity index (χ2v) is 4.05. The van der Waals surface area contributed by atoms with Crippen LogP contribution >= 0.6 is 0 Å². The van der Waals surface area contributed by atoms with Gasteiger partial charge >= 0.3 is 0 Å². The molecule has 0 unspecified atom stereocenters. The lowest BCUT2D eigenvalue weighted by molar-refractivity contribution is -0.385. The third kappa shape index (κ3) is 2.52. The number of rotatable bonds is 3. The first-order chi connectivity index (χ1) is 9.52. The lowest BCUT2D eigenvalue weighted by Gasteiger charge is -2.09. The Morgan fingerprint density at radius 1 is 1.35 bits per heavy atom. The smallest absolute Gasteiger partial charge is 0.290 e. The number of nitrogens with zero attached hydrogens (tertiary/aromatic N) is 2. The summed E-state index contributed by atoms with van der Waals surface area (Å²) in [6, 6.07) is 10.5. The van der Waals surface area contributed by atoms with Gasteiger partial charge in [-0.1, -0.05) is 6.07 Å². The van der Waals surface area contributed by atoms with Gasteiger partial charge in [-0.2, -0.15) is 5.26 Å². The number of phenols is 1. The van der Waals surface area contributed by atoms with Gasteiger partial charge in [0.05, 0.1) is 11.0 Å². The highest BCUT2D eigenvalue weighted by molar-refractivity contribution is 5.53. The Bertz CT molecular complexity index is 720. The van der Waals surface area contributed by atoms with Crippen molar-refractivity contribution < 1.29 is 14.8 Å². The zero-order valence-electron chi connectivity index (χ0n) is 10.5. The van der Waals surface area contributed by atoms with E-state index >= 15 is 0 Å². The Morgan fingerprint density at radius 3 is 2.75 bits per heavy atom. The topological polar surface area (TPSA) is 96.4 Å². The highest BCUT2D eigenvalue weighted by Crippen LogP contribution is 2.32. The van der Waals surface area contributed by atoms with E-state index in [4.69, 9.17) is 10.00 Å². The number of nitro benzene ring substituents is 1. The molecule has 0 heterocycles. The normalized spacial score (nSPS) is 9.80. The molecule has 0 aliphatic rings. The molecule has 20 heavy (non-hydrogen) atoms. The summed E-state index contributed by atoms with van der Waals surface area (Å²) in [6.07, 6.45) is 0. The molecule has 1 N–H and O–H groups in total. The van der Waals surface area contributed by atoms with Crippen molar-refractivity contribution in [3.8, 4) is 23.3 Å². The first kappa shape index (κ1) is 13.4. The third-order valence-corrected chi connectivity index (χ3v) is 2.77. The number of hydrogen-bond donors (Lipinski definition) is 1. The molecule has 2 aromatic rings. The molecule has 0 radical (unpaired) electrons. The number of phenolic OH excluding ortho intramolecular Hbond substituents is 1. The van der Waals surface area contributed by atoms with E-state index in [1.165, 1.54) is 24.3 Å². The average Bonchev–Trinajstić information content (AvgIpc) is 2.43. The van der Waals surface area contributed by atoms with E-state index in [-0.39, 0.29) is 22.7 Å². The largest absolute Gasteiger partial charge is 0.508 e. The fourth-order valence-electron chi connectivity index (χ4n) is 1.66. The van der Waals surface area contributed by atoms with Crippen molar-refractivity contribution in [1.29, 1.82) is 5.26 Å². The van der Waals surface area contributed by atoms with Gasteiger partial charge in [-0.3, -0.25) is 10.1 Å². The van der Waals surface area contributed by atoms with Crippen molar-refractivity contribution in [1.82, 2.24) is 0 Å². The van der Waals surface area contributed by atoms with Gasteiger partial charge in [0.15, 0.2) is 0 Å². The summed E-state index contributed by atoms with van der Waals surface area (Å²) < 4.78 is 5.51. The maximum Gasteiger partial charge on any atom is 0.290 e. The number of ether oxygens (including phenoxy) is 1. The van der Waals surface area contributed by atoms with E-state index in [0.29, 0.717) is 11.3 Å². The fourth-order valence-corrected chi connectivity index (χ4v) is 1.66. The molecule has 0 fully saturated rings. The Kier molecular flexibility index (Phi) is 3.53. The predicted octanol–water partition coefficient (Wildman–Crippen LogP) is 3.27. The molecule has 6 nitrogen and oxygen atoms in total. The molecule has 2 rings (SSSR count). The number of aromatic hydroxyl groups is 1. The fraction of sp³-hybridized carbons (Fsp3) is 0.0714. The molecule has 0 saturated heterocycles. The zero-order chi connectivity index (χ0) is 14.7. The summed E-state index contributed by atoms with van der Waals surface area (Å²) in [6.45, 7) is 1.67. The van der Waals surface area contributed by atoms with E-state index in [0.717, 1.165) is 0 Å². The third-order valence-electron chi connectivity index (χ3n) is 2.77. The maximum atomic E-state index is 10.9. The van der Waals surface area contributed by atoms with Gasteiger partial charge in [0, 0.05) is 5.56 Å². The summed E-state index contributed by atoms with van der Waals surface area (Å²) in [5.74, 6) is 0.694. The van der Waals surface area contributed by atoms with Crippen molar-refractivity contribution in [2.24, 2.45) is 0 Å². The first-order valence-electron chi connectivity index (χ1n) is 5.68. The minimum absolute atomic E-state index is 0.0324. The molecule has 100 valence electrons. The number of nitro groups is 1. The van der Waals surface area contributed by atoms with Crippen LogP contribution in [-0.4, -0.2) is 10.0 Å². The quantitative estimate of drug-likeness (QED) is 0.681. The number of nitriles is 1. The van der Waals surface area contributed by atoms with Crippen LogP contribution in [0.2, 0.25) is 0 Å². The lowest BCUT2D eigenvalue weighted by Crippen LogP contribution is -1.94. The predicted molar refractivity (Wildman–Crippen MR) is 70.7 cm³/mol. The SMILES string of the molecule is Cc1c(O)cccc1Oc1ccc(C#N)c([N+](=O)[O-])c1. The molecule has 0 atom stereocenters. The first-order valence-corrected chi connectivity index (χ1v) is 5.68. The molecule has 0 aromatic heterocycles. The van der Waals surface area contributed by atoms with Crippen molar-refractivity contribution in [2.45, 2.75) is 6.92 Å². The summed E-state index contributed by atoms with van der Waals surface area (Å²) >= 11 is 0. The van der Waals surface area contributed by atoms with Crippen LogP contribution in [0.3, 0.4) is 0 Å². The van der Waals surface area contributed by atoms with Crippen molar-refractivity contribution in [2.75, 3.05) is 0 Å². The van der Waals surface area contributed by atoms with Crippen molar-refractivity contribution in [3.05, 3.63) is 57.6 Å². The Hall–Kier alpha value is -3.07. The summed E-state index contributed by atoms with van der Waals surface area (Å²) in [5.41, 5.74) is 0.178. The summed E-state index contributed by atoms with van der Waals surface area (Å²) in [4.78, 5) is 10.2. The highest BCUT2D eigenvalue weighted by Gasteiger charge is 2.15. The minimum atomic E-state index is -0.638. The molecule has 0 spiro atoms. The van der Waals surface area contributed by atoms with Crippen LogP contribution < -0.4 is 4.74 Å². The van der Waals surface area contributed by atoms with Crippen LogP contribution in [0.5, 0.6) is 17.2 Å². The van der Waals surface area contributed by atoms with Crippen molar-refractivity contribution in [3.63, 3.8) is 0 Å². The van der Waals surface area contributed by atoms with Crippen LogP contribution in [0, 0.1) is 28.4 Å². The van der Waals surface area contributed by atoms with E-state index in [1.54, 1.807) is 25.1 Å². The van der Waals surface area contributed by atoms with Gasteiger partial charge in [0.2, 0.25) is 0 Å². The van der Waals surface area contributed by atoms with Gasteiger partial charge in [0.1, 0.15) is 28.9 Å². The molecule has 0 amide bonds. The van der Waals surface area contributed by atoms with Crippen molar-refractivity contribution >= 4 is 5.69 Å². The Labute approximate surface area is 114 Å². The highest BCUT2D eigenvalue weighted by atomic mass is 16.6. The molecule has 0 aliphatic heterocycles. The summed E-state index contributed by atoms with van der Waals surface area (Å²) in [7, 11) is 0. The molecule has 0 saturated carbocycles. The van der Waals surface area contributed by atoms with Crippen LogP contribution in [0.15, 0.2) is 36.4 Å². The van der Waals surface area contributed by atoms with Gasteiger partial charge < -0.3 is 9.84 Å². The van der Waals surface area contributed by atoms with E-state index in [2.05, 4.69) is 0 Å². The second kappa shape index (κ2) is 5.28. The molecule has 2 aromatic carbocycles. The lowest BCUT2D eigenvalue weighted by atomic mass is 10.2. The Balaban J connectivity index is 2.40. The van der Waals surface area contributed by atoms with Crippen LogP contribution in [0.25, 0.3) is 0 Å². The van der Waals surface area contributed by atoms with E-state index in [1.807, 2.05) is 0 Å². The summed E-state index contributed by atoms with van der Waals surface area (Å²) in [5, 5.41) is 29.2. The second-order valence-electron chi connectivity index (χ2n) is 4.05. The molecular weight excluding hydrogens is 260 g/mol. The Morgan fingerprint density at radius 2 is 2.10 bits per heavy atom. The van der Waals surface area contributed by atoms with Gasteiger partial charge in [-0.25, -0.2) is 0 Å². The minimum Gasteiger partial charge on any atom is -0.508 e. The van der Waals surface area contributed by atoms with Gasteiger partial charge in [-0.05, 0) is 31.2 Å². The van der Waals surface area contributed by atoms with Crippen LogP contribution in [0.1, 0.15) is 11.1 Å². The molecule has 0 bridgehead atoms. The van der Waals surface area contributed by atoms with Crippen LogP contribution in [-0.2, 0) is 0 Å². The number of benzene rings is 2. The monoisotopic (exact) mass is 270 g/mol. The van der Waals surface area contributed by atoms with E-state index in [9.17, 15) is 15.2 Å². The average molecular weight is 270 g/mol. The zero-order valence-corrected chi connectivity index (χ0v) is 10.5. The van der Waals surface area contributed by atoms with Gasteiger partial charge in [-0.15, -0.1) is 0 Å². The molecule has 0 aliphatic carbocycles. The van der Waals surface area contributed by atoms with Crippen LogP contribution in [0.4, 0.5) is 5.69 Å².